The molecule has 1 fully saturated rings. The number of hydrogen-bond donors (Lipinski definition) is 2. The second-order valence-corrected chi connectivity index (χ2v) is 8.21. The number of phenols is 1. The van der Waals surface area contributed by atoms with E-state index in [1.165, 1.54) is 24.8 Å². The van der Waals surface area contributed by atoms with Crippen molar-refractivity contribution in [3.63, 3.8) is 0 Å². The van der Waals surface area contributed by atoms with Gasteiger partial charge in [-0.05, 0) is 75.5 Å². The third-order valence-corrected chi connectivity index (χ3v) is 4.83. The van der Waals surface area contributed by atoms with Crippen molar-refractivity contribution in [2.24, 2.45) is 5.92 Å². The van der Waals surface area contributed by atoms with Crippen LogP contribution in [0.5, 0.6) is 5.75 Å². The molecule has 2 rings (SSSR count). The van der Waals surface area contributed by atoms with E-state index in [2.05, 4.69) is 24.4 Å². The van der Waals surface area contributed by atoms with Crippen molar-refractivity contribution >= 4 is 6.09 Å². The van der Waals surface area contributed by atoms with Gasteiger partial charge < -0.3 is 15.2 Å². The van der Waals surface area contributed by atoms with Crippen LogP contribution in [0, 0.1) is 5.92 Å². The predicted molar refractivity (Wildman–Crippen MR) is 96.3 cm³/mol. The number of carbonyl (C=O) groups excluding carboxylic acids is 1. The van der Waals surface area contributed by atoms with Gasteiger partial charge in [0.2, 0.25) is 0 Å². The van der Waals surface area contributed by atoms with Gasteiger partial charge in [0.05, 0.1) is 0 Å². The van der Waals surface area contributed by atoms with Gasteiger partial charge in [-0.1, -0.05) is 25.5 Å². The van der Waals surface area contributed by atoms with E-state index < -0.39 is 5.60 Å². The molecule has 0 aliphatic heterocycles. The van der Waals surface area contributed by atoms with Crippen molar-refractivity contribution in [1.82, 2.24) is 5.32 Å². The minimum atomic E-state index is -0.454. The smallest absolute Gasteiger partial charge is 0.407 e. The lowest BCUT2D eigenvalue weighted by molar-refractivity contribution is 0.0524. The van der Waals surface area contributed by atoms with Crippen molar-refractivity contribution in [3.05, 3.63) is 29.8 Å². The van der Waals surface area contributed by atoms with Crippen LogP contribution < -0.4 is 5.32 Å². The van der Waals surface area contributed by atoms with Gasteiger partial charge in [-0.15, -0.1) is 0 Å². The summed E-state index contributed by atoms with van der Waals surface area (Å²) in [6, 6.07) is 7.68. The number of aromatic hydroxyl groups is 1. The summed E-state index contributed by atoms with van der Waals surface area (Å²) in [4.78, 5) is 11.7. The normalized spacial score (nSPS) is 17.7. The Kier molecular flexibility index (Phi) is 5.79. The molecule has 0 aromatic heterocycles. The summed E-state index contributed by atoms with van der Waals surface area (Å²) in [5, 5.41) is 12.3. The highest BCUT2D eigenvalue weighted by Gasteiger charge is 2.39. The number of carbonyl (C=O) groups is 1. The fourth-order valence-electron chi connectivity index (χ4n) is 3.53. The van der Waals surface area contributed by atoms with E-state index in [-0.39, 0.29) is 11.5 Å². The van der Waals surface area contributed by atoms with E-state index in [9.17, 15) is 9.90 Å². The molecule has 0 heterocycles. The highest BCUT2D eigenvalue weighted by Crippen LogP contribution is 2.48. The Labute approximate surface area is 145 Å². The zero-order chi connectivity index (χ0) is 17.8. The minimum Gasteiger partial charge on any atom is -0.508 e. The predicted octanol–water partition coefficient (Wildman–Crippen LogP) is 4.75. The summed E-state index contributed by atoms with van der Waals surface area (Å²) in [6.45, 7) is 8.49. The number of nitrogens with one attached hydrogen (secondary N) is 1. The molecule has 1 amide bonds. The number of phenolic OH excluding ortho intramolecular Hbond substituents is 1. The highest BCUT2D eigenvalue weighted by atomic mass is 16.6. The average Bonchev–Trinajstić information content (AvgIpc) is 2.42. The van der Waals surface area contributed by atoms with Gasteiger partial charge in [0, 0.05) is 6.54 Å². The molecule has 1 atom stereocenters. The molecule has 0 spiro atoms. The molecular formula is C20H31NO3. The van der Waals surface area contributed by atoms with E-state index in [1.54, 1.807) is 12.1 Å². The van der Waals surface area contributed by atoms with E-state index in [0.29, 0.717) is 18.2 Å². The first-order chi connectivity index (χ1) is 11.2. The average molecular weight is 333 g/mol. The number of benzene rings is 1. The maximum Gasteiger partial charge on any atom is 0.407 e. The molecule has 1 aromatic rings. The van der Waals surface area contributed by atoms with Crippen LogP contribution in [0.25, 0.3) is 0 Å². The number of rotatable bonds is 6. The van der Waals surface area contributed by atoms with E-state index in [0.717, 1.165) is 12.8 Å². The quantitative estimate of drug-likeness (QED) is 0.789. The molecule has 2 N–H and O–H groups in total. The van der Waals surface area contributed by atoms with Gasteiger partial charge in [-0.3, -0.25) is 0 Å². The first kappa shape index (κ1) is 18.6. The number of ether oxygens (including phenoxy) is 1. The van der Waals surface area contributed by atoms with Gasteiger partial charge in [0.25, 0.3) is 0 Å². The van der Waals surface area contributed by atoms with Crippen molar-refractivity contribution in [2.75, 3.05) is 6.54 Å². The molecule has 0 radical (unpaired) electrons. The lowest BCUT2D eigenvalue weighted by atomic mass is 9.60. The molecule has 4 heteroatoms. The van der Waals surface area contributed by atoms with Crippen molar-refractivity contribution in [3.8, 4) is 5.75 Å². The summed E-state index contributed by atoms with van der Waals surface area (Å²) >= 11 is 0. The second kappa shape index (κ2) is 7.45. The molecule has 1 aliphatic carbocycles. The third kappa shape index (κ3) is 5.15. The fourth-order valence-corrected chi connectivity index (χ4v) is 3.53. The highest BCUT2D eigenvalue weighted by molar-refractivity contribution is 5.67. The third-order valence-electron chi connectivity index (χ3n) is 4.83. The Morgan fingerprint density at radius 1 is 1.29 bits per heavy atom. The number of alkyl carbamates (subject to hydrolysis) is 1. The van der Waals surface area contributed by atoms with Crippen molar-refractivity contribution < 1.29 is 14.6 Å². The maximum absolute atomic E-state index is 11.7. The Hall–Kier alpha value is -1.71. The lowest BCUT2D eigenvalue weighted by Gasteiger charge is -2.44. The van der Waals surface area contributed by atoms with Crippen LogP contribution in [0.2, 0.25) is 0 Å². The summed E-state index contributed by atoms with van der Waals surface area (Å²) in [6.07, 6.45) is 5.41. The van der Waals surface area contributed by atoms with Crippen molar-refractivity contribution in [1.29, 1.82) is 0 Å². The van der Waals surface area contributed by atoms with Crippen LogP contribution in [-0.2, 0) is 10.2 Å². The molecule has 24 heavy (non-hydrogen) atoms. The largest absolute Gasteiger partial charge is 0.508 e. The SMILES string of the molecule is CC(CCNC(=O)OC(C)(C)C)CC1(c2ccc(O)cc2)CCC1. The van der Waals surface area contributed by atoms with Crippen LogP contribution >= 0.6 is 0 Å². The Morgan fingerprint density at radius 3 is 2.42 bits per heavy atom. The summed E-state index contributed by atoms with van der Waals surface area (Å²) in [5.41, 5.74) is 1.13. The monoisotopic (exact) mass is 333 g/mol. The van der Waals surface area contributed by atoms with Gasteiger partial charge in [0.15, 0.2) is 0 Å². The Bertz CT molecular complexity index is 541. The van der Waals surface area contributed by atoms with Gasteiger partial charge in [-0.2, -0.15) is 0 Å². The first-order valence-electron chi connectivity index (χ1n) is 8.97. The van der Waals surface area contributed by atoms with Gasteiger partial charge >= 0.3 is 6.09 Å². The molecule has 1 aliphatic rings. The standard InChI is InChI=1S/C20H31NO3/c1-15(10-13-21-18(23)24-19(2,3)4)14-20(11-5-12-20)16-6-8-17(22)9-7-16/h6-9,15,22H,5,10-14H2,1-4H3,(H,21,23). The molecule has 0 bridgehead atoms. The van der Waals surface area contributed by atoms with Gasteiger partial charge in [0.1, 0.15) is 11.4 Å². The summed E-state index contributed by atoms with van der Waals surface area (Å²) < 4.78 is 5.26. The number of amides is 1. The first-order valence-corrected chi connectivity index (χ1v) is 8.97. The van der Waals surface area contributed by atoms with E-state index in [4.69, 9.17) is 4.74 Å². The summed E-state index contributed by atoms with van der Waals surface area (Å²) in [7, 11) is 0. The van der Waals surface area contributed by atoms with E-state index >= 15 is 0 Å². The Morgan fingerprint density at radius 2 is 1.92 bits per heavy atom. The van der Waals surface area contributed by atoms with Crippen LogP contribution in [0.1, 0.15) is 65.4 Å². The van der Waals surface area contributed by atoms with Crippen LogP contribution in [0.3, 0.4) is 0 Å². The molecule has 4 nitrogen and oxygen atoms in total. The number of hydrogen-bond acceptors (Lipinski definition) is 3. The zero-order valence-electron chi connectivity index (χ0n) is 15.4. The van der Waals surface area contributed by atoms with E-state index in [1.807, 2.05) is 20.8 Å². The molecule has 1 saturated carbocycles. The maximum atomic E-state index is 11.7. The molecule has 1 aromatic carbocycles. The fraction of sp³-hybridized carbons (Fsp3) is 0.650. The molecule has 134 valence electrons. The molecule has 0 saturated heterocycles. The molecular weight excluding hydrogens is 302 g/mol. The Balaban J connectivity index is 1.81. The van der Waals surface area contributed by atoms with Gasteiger partial charge in [-0.25, -0.2) is 4.79 Å². The van der Waals surface area contributed by atoms with Crippen LogP contribution in [0.4, 0.5) is 4.79 Å². The van der Waals surface area contributed by atoms with Crippen LogP contribution in [0.15, 0.2) is 24.3 Å². The zero-order valence-corrected chi connectivity index (χ0v) is 15.4. The minimum absolute atomic E-state index is 0.249. The second-order valence-electron chi connectivity index (χ2n) is 8.21. The van der Waals surface area contributed by atoms with Crippen LogP contribution in [-0.4, -0.2) is 23.3 Å². The molecule has 1 unspecified atom stereocenters. The van der Waals surface area contributed by atoms with Crippen molar-refractivity contribution in [2.45, 2.75) is 70.8 Å². The summed E-state index contributed by atoms with van der Waals surface area (Å²) in [5.74, 6) is 0.844. The topological polar surface area (TPSA) is 58.6 Å². The lowest BCUT2D eigenvalue weighted by Crippen LogP contribution is -2.37.